The Bertz CT molecular complexity index is 587. The first-order valence-electron chi connectivity index (χ1n) is 7.67. The molecular weight excluding hydrogens is 352 g/mol. The van der Waals surface area contributed by atoms with E-state index in [1.54, 1.807) is 0 Å². The summed E-state index contributed by atoms with van der Waals surface area (Å²) in [6.45, 7) is -1.19. The molecule has 0 aliphatic rings. The van der Waals surface area contributed by atoms with Gasteiger partial charge in [0.1, 0.15) is 27.2 Å². The van der Waals surface area contributed by atoms with Gasteiger partial charge in [-0.05, 0) is 30.0 Å². The van der Waals surface area contributed by atoms with E-state index in [-0.39, 0.29) is 56.3 Å². The summed E-state index contributed by atoms with van der Waals surface area (Å²) in [6.07, 6.45) is 0.262. The van der Waals surface area contributed by atoms with Gasteiger partial charge in [-0.15, -0.1) is 0 Å². The maximum Gasteiger partial charge on any atom is 0.336 e. The maximum atomic E-state index is 11.7. The van der Waals surface area contributed by atoms with E-state index < -0.39 is 25.5 Å². The molecule has 10 heteroatoms. The van der Waals surface area contributed by atoms with Gasteiger partial charge in [-0.3, -0.25) is 0 Å². The molecule has 10 nitrogen and oxygen atoms in total. The molecule has 4 N–H and O–H groups in total. The second-order valence-corrected chi connectivity index (χ2v) is 4.95. The van der Waals surface area contributed by atoms with Gasteiger partial charge in [-0.1, -0.05) is 6.07 Å². The van der Waals surface area contributed by atoms with Crippen molar-refractivity contribution < 1.29 is 49.0 Å². The van der Waals surface area contributed by atoms with E-state index in [2.05, 4.69) is 9.47 Å². The first-order valence-corrected chi connectivity index (χ1v) is 7.67. The molecule has 0 saturated carbocycles. The highest BCUT2D eigenvalue weighted by Crippen LogP contribution is 2.22. The molecule has 0 aliphatic heterocycles. The van der Waals surface area contributed by atoms with E-state index in [1.807, 2.05) is 0 Å². The molecule has 0 unspecified atom stereocenters. The van der Waals surface area contributed by atoms with Crippen LogP contribution in [0.15, 0.2) is 12.1 Å². The summed E-state index contributed by atoms with van der Waals surface area (Å²) in [5.74, 6) is -2.50. The first-order chi connectivity index (χ1) is 12.5. The normalized spacial score (nSPS) is 10.8. The third-order valence-corrected chi connectivity index (χ3v) is 3.37. The summed E-state index contributed by atoms with van der Waals surface area (Å²) in [5.41, 5.74) is 0.317. The number of hydrogen-bond donors (Lipinski definition) is 4. The molecule has 0 atom stereocenters. The van der Waals surface area contributed by atoms with Gasteiger partial charge < -0.3 is 39.4 Å². The Morgan fingerprint density at radius 3 is 1.88 bits per heavy atom. The van der Waals surface area contributed by atoms with Crippen LogP contribution in [0.25, 0.3) is 0 Å². The molecule has 0 bridgehead atoms. The number of rotatable bonds is 14. The maximum absolute atomic E-state index is 11.7. The Kier molecular flexibility index (Phi) is 10.4. The van der Waals surface area contributed by atoms with Gasteiger partial charge in [-0.25, -0.2) is 9.59 Å². The molecule has 1 aromatic carbocycles. The minimum absolute atomic E-state index is 0.0187. The van der Waals surface area contributed by atoms with E-state index in [4.69, 9.17) is 19.7 Å². The number of ether oxygens (including phenoxy) is 4. The highest BCUT2D eigenvalue weighted by molar-refractivity contribution is 5.97. The average molecular weight is 374 g/mol. The minimum atomic E-state index is -1.25. The van der Waals surface area contributed by atoms with Crippen molar-refractivity contribution >= 4 is 11.9 Å². The fraction of sp³-hybridized carbons (Fsp3) is 0.500. The van der Waals surface area contributed by atoms with Crippen molar-refractivity contribution in [2.24, 2.45) is 0 Å². The molecule has 0 radical (unpaired) electrons. The lowest BCUT2D eigenvalue weighted by molar-refractivity contribution is -0.107. The number of benzene rings is 1. The standard InChI is InChI=1S/C16H22O10/c17-7-25-9-23-5-3-11-1-2-13(15(19)20)12(14(11)16(21)22)4-6-24-10-26-8-18/h1-2,17-18H,3-10H2,(H,19,20)(H,21,22). The zero-order chi connectivity index (χ0) is 19.4. The second kappa shape index (κ2) is 12.3. The Hall–Kier alpha value is -2.08. The van der Waals surface area contributed by atoms with Crippen molar-refractivity contribution in [2.45, 2.75) is 12.8 Å². The molecule has 146 valence electrons. The van der Waals surface area contributed by atoms with Crippen LogP contribution in [0, 0.1) is 0 Å². The molecule has 0 aromatic heterocycles. The predicted octanol–water partition coefficient (Wildman–Crippen LogP) is 0.0490. The Labute approximate surface area is 149 Å². The predicted molar refractivity (Wildman–Crippen MR) is 85.7 cm³/mol. The molecule has 26 heavy (non-hydrogen) atoms. The van der Waals surface area contributed by atoms with Crippen LogP contribution in [0.1, 0.15) is 31.8 Å². The summed E-state index contributed by atoms with van der Waals surface area (Å²) in [7, 11) is 0. The lowest BCUT2D eigenvalue weighted by atomic mass is 9.92. The third-order valence-electron chi connectivity index (χ3n) is 3.37. The quantitative estimate of drug-likeness (QED) is 0.259. The zero-order valence-corrected chi connectivity index (χ0v) is 14.0. The van der Waals surface area contributed by atoms with Crippen molar-refractivity contribution in [3.8, 4) is 0 Å². The number of carbonyl (C=O) groups is 2. The van der Waals surface area contributed by atoms with Gasteiger partial charge in [0.2, 0.25) is 0 Å². The molecule has 1 rings (SSSR count). The summed E-state index contributed by atoms with van der Waals surface area (Å²) in [5, 5.41) is 35.8. The van der Waals surface area contributed by atoms with Crippen molar-refractivity contribution in [1.82, 2.24) is 0 Å². The Morgan fingerprint density at radius 1 is 0.808 bits per heavy atom. The van der Waals surface area contributed by atoms with Gasteiger partial charge in [0, 0.05) is 0 Å². The second-order valence-electron chi connectivity index (χ2n) is 4.95. The number of aliphatic hydroxyl groups is 2. The van der Waals surface area contributed by atoms with E-state index in [0.717, 1.165) is 0 Å². The van der Waals surface area contributed by atoms with Crippen LogP contribution in [-0.2, 0) is 31.8 Å². The van der Waals surface area contributed by atoms with Crippen molar-refractivity contribution in [3.05, 3.63) is 34.4 Å². The fourth-order valence-corrected chi connectivity index (χ4v) is 2.30. The molecule has 1 aromatic rings. The van der Waals surface area contributed by atoms with E-state index >= 15 is 0 Å². The Morgan fingerprint density at radius 2 is 1.38 bits per heavy atom. The average Bonchev–Trinajstić information content (AvgIpc) is 2.60. The van der Waals surface area contributed by atoms with Crippen LogP contribution in [-0.4, -0.2) is 72.8 Å². The number of carboxylic acids is 2. The number of aliphatic hydroxyl groups excluding tert-OH is 2. The zero-order valence-electron chi connectivity index (χ0n) is 14.0. The third kappa shape index (κ3) is 7.04. The summed E-state index contributed by atoms with van der Waals surface area (Å²) in [6, 6.07) is 2.77. The van der Waals surface area contributed by atoms with Gasteiger partial charge >= 0.3 is 11.9 Å². The summed E-state index contributed by atoms with van der Waals surface area (Å²) < 4.78 is 19.4. The molecule has 0 aliphatic carbocycles. The van der Waals surface area contributed by atoms with E-state index in [1.165, 1.54) is 12.1 Å². The number of carboxylic acid groups (broad SMARTS) is 2. The molecule has 0 fully saturated rings. The SMILES string of the molecule is O=C(O)c1ccc(CCOCOCO)c(C(=O)O)c1CCOCOCO. The van der Waals surface area contributed by atoms with Crippen molar-refractivity contribution in [1.29, 1.82) is 0 Å². The smallest absolute Gasteiger partial charge is 0.336 e. The van der Waals surface area contributed by atoms with Crippen LogP contribution in [0.4, 0.5) is 0 Å². The van der Waals surface area contributed by atoms with Crippen LogP contribution in [0.2, 0.25) is 0 Å². The molecule has 0 heterocycles. The molecule has 0 amide bonds. The van der Waals surface area contributed by atoms with Crippen LogP contribution >= 0.6 is 0 Å². The van der Waals surface area contributed by atoms with Crippen molar-refractivity contribution in [3.63, 3.8) is 0 Å². The fourth-order valence-electron chi connectivity index (χ4n) is 2.30. The highest BCUT2D eigenvalue weighted by atomic mass is 16.7. The lowest BCUT2D eigenvalue weighted by Crippen LogP contribution is -2.16. The largest absolute Gasteiger partial charge is 0.478 e. The van der Waals surface area contributed by atoms with Crippen LogP contribution in [0.3, 0.4) is 0 Å². The van der Waals surface area contributed by atoms with Gasteiger partial charge in [0.25, 0.3) is 0 Å². The summed E-state index contributed by atoms with van der Waals surface area (Å²) >= 11 is 0. The van der Waals surface area contributed by atoms with E-state index in [0.29, 0.717) is 5.56 Å². The van der Waals surface area contributed by atoms with Gasteiger partial charge in [0.05, 0.1) is 24.3 Å². The monoisotopic (exact) mass is 374 g/mol. The molecule has 0 spiro atoms. The molecular formula is C16H22O10. The first kappa shape index (κ1) is 22.0. The minimum Gasteiger partial charge on any atom is -0.478 e. The topological polar surface area (TPSA) is 152 Å². The van der Waals surface area contributed by atoms with E-state index in [9.17, 15) is 19.8 Å². The van der Waals surface area contributed by atoms with Crippen LogP contribution < -0.4 is 0 Å². The van der Waals surface area contributed by atoms with Crippen molar-refractivity contribution in [2.75, 3.05) is 40.4 Å². The number of hydrogen-bond acceptors (Lipinski definition) is 8. The highest BCUT2D eigenvalue weighted by Gasteiger charge is 2.22. The van der Waals surface area contributed by atoms with Crippen LogP contribution in [0.5, 0.6) is 0 Å². The lowest BCUT2D eigenvalue weighted by Gasteiger charge is -2.15. The number of aromatic carboxylic acids is 2. The van der Waals surface area contributed by atoms with Gasteiger partial charge in [-0.2, -0.15) is 0 Å². The van der Waals surface area contributed by atoms with Gasteiger partial charge in [0.15, 0.2) is 0 Å². The Balaban J connectivity index is 2.95. The molecule has 0 saturated heterocycles. The summed E-state index contributed by atoms with van der Waals surface area (Å²) in [4.78, 5) is 23.1.